The summed E-state index contributed by atoms with van der Waals surface area (Å²) in [5.74, 6) is 0.801. The van der Waals surface area contributed by atoms with Gasteiger partial charge in [-0.2, -0.15) is 5.10 Å². The van der Waals surface area contributed by atoms with Crippen LogP contribution in [0.2, 0.25) is 0 Å². The summed E-state index contributed by atoms with van der Waals surface area (Å²) in [7, 11) is 1.58. The molecular formula is C18H17N5O3S. The minimum atomic E-state index is -0.370. The van der Waals surface area contributed by atoms with E-state index in [1.807, 2.05) is 24.3 Å². The summed E-state index contributed by atoms with van der Waals surface area (Å²) < 4.78 is 6.34. The number of aromatic nitrogens is 4. The number of hydrogen-bond donors (Lipinski definition) is 1. The van der Waals surface area contributed by atoms with Crippen LogP contribution in [0.5, 0.6) is 5.75 Å². The molecule has 2 aromatic heterocycles. The zero-order chi connectivity index (χ0) is 18.8. The molecule has 1 aliphatic carbocycles. The number of carbonyl (C=O) groups excluding carboxylic acids is 1. The number of hydrogen-bond acceptors (Lipinski definition) is 7. The zero-order valence-corrected chi connectivity index (χ0v) is 15.4. The molecule has 3 aromatic rings. The Hall–Kier alpha value is -3.07. The van der Waals surface area contributed by atoms with Gasteiger partial charge in [0.1, 0.15) is 17.3 Å². The van der Waals surface area contributed by atoms with E-state index >= 15 is 0 Å². The van der Waals surface area contributed by atoms with Gasteiger partial charge in [-0.3, -0.25) is 14.9 Å². The number of carbonyl (C=O) groups is 1. The maximum absolute atomic E-state index is 12.3. The predicted octanol–water partition coefficient (Wildman–Crippen LogP) is 2.29. The number of anilines is 1. The molecule has 1 saturated carbocycles. The van der Waals surface area contributed by atoms with E-state index < -0.39 is 0 Å². The lowest BCUT2D eigenvalue weighted by atomic mass is 10.1. The van der Waals surface area contributed by atoms with Crippen molar-refractivity contribution in [1.82, 2.24) is 20.0 Å². The van der Waals surface area contributed by atoms with Crippen molar-refractivity contribution in [3.63, 3.8) is 0 Å². The van der Waals surface area contributed by atoms with E-state index in [0.717, 1.165) is 28.1 Å². The van der Waals surface area contributed by atoms with Crippen LogP contribution in [0.1, 0.15) is 23.8 Å². The van der Waals surface area contributed by atoms with Crippen molar-refractivity contribution in [1.29, 1.82) is 0 Å². The maximum Gasteiger partial charge on any atom is 0.267 e. The zero-order valence-electron chi connectivity index (χ0n) is 14.6. The van der Waals surface area contributed by atoms with Crippen LogP contribution in [0.3, 0.4) is 0 Å². The van der Waals surface area contributed by atoms with Crippen molar-refractivity contribution in [2.24, 2.45) is 0 Å². The van der Waals surface area contributed by atoms with Crippen molar-refractivity contribution in [2.75, 3.05) is 12.4 Å². The molecule has 9 heteroatoms. The summed E-state index contributed by atoms with van der Waals surface area (Å²) in [5.41, 5.74) is 1.02. The monoisotopic (exact) mass is 383 g/mol. The Kier molecular flexibility index (Phi) is 4.68. The SMILES string of the molecule is COc1cccc(-c2ccc(=O)n(CC(=O)Nc3nnc(C4CC4)s3)n2)c1. The van der Waals surface area contributed by atoms with Gasteiger partial charge in [0.2, 0.25) is 11.0 Å². The quantitative estimate of drug-likeness (QED) is 0.701. The van der Waals surface area contributed by atoms with Crippen LogP contribution in [0.15, 0.2) is 41.2 Å². The first-order valence-corrected chi connectivity index (χ1v) is 9.30. The Balaban J connectivity index is 1.50. The molecule has 0 spiro atoms. The Morgan fingerprint density at radius 1 is 1.30 bits per heavy atom. The molecule has 1 N–H and O–H groups in total. The normalized spacial score (nSPS) is 13.4. The average Bonchev–Trinajstić information content (AvgIpc) is 3.43. The molecular weight excluding hydrogens is 366 g/mol. The number of nitrogens with zero attached hydrogens (tertiary/aromatic N) is 4. The summed E-state index contributed by atoms with van der Waals surface area (Å²) in [6.45, 7) is -0.199. The first-order valence-electron chi connectivity index (χ1n) is 8.48. The van der Waals surface area contributed by atoms with Crippen LogP contribution in [0.25, 0.3) is 11.3 Å². The van der Waals surface area contributed by atoms with Gasteiger partial charge >= 0.3 is 0 Å². The Bertz CT molecular complexity index is 1040. The van der Waals surface area contributed by atoms with E-state index in [9.17, 15) is 9.59 Å². The van der Waals surface area contributed by atoms with Crippen LogP contribution in [0, 0.1) is 0 Å². The highest BCUT2D eigenvalue weighted by Gasteiger charge is 2.27. The molecule has 27 heavy (non-hydrogen) atoms. The van der Waals surface area contributed by atoms with Crippen LogP contribution in [0.4, 0.5) is 5.13 Å². The molecule has 1 aromatic carbocycles. The highest BCUT2D eigenvalue weighted by Crippen LogP contribution is 2.42. The molecule has 4 rings (SSSR count). The lowest BCUT2D eigenvalue weighted by Gasteiger charge is -2.08. The molecule has 0 unspecified atom stereocenters. The third-order valence-electron chi connectivity index (χ3n) is 4.14. The molecule has 0 aliphatic heterocycles. The van der Waals surface area contributed by atoms with Crippen molar-refractivity contribution in [3.05, 3.63) is 51.8 Å². The first kappa shape index (κ1) is 17.3. The molecule has 0 saturated heterocycles. The number of rotatable bonds is 6. The second-order valence-electron chi connectivity index (χ2n) is 6.21. The van der Waals surface area contributed by atoms with Gasteiger partial charge in [-0.15, -0.1) is 10.2 Å². The molecule has 2 heterocycles. The van der Waals surface area contributed by atoms with E-state index in [2.05, 4.69) is 20.6 Å². The maximum atomic E-state index is 12.3. The lowest BCUT2D eigenvalue weighted by Crippen LogP contribution is -2.29. The van der Waals surface area contributed by atoms with E-state index in [4.69, 9.17) is 4.74 Å². The number of nitrogens with one attached hydrogen (secondary N) is 1. The fraction of sp³-hybridized carbons (Fsp3) is 0.278. The average molecular weight is 383 g/mol. The van der Waals surface area contributed by atoms with Crippen molar-refractivity contribution < 1.29 is 9.53 Å². The summed E-state index contributed by atoms with van der Waals surface area (Å²) in [5, 5.41) is 16.4. The highest BCUT2D eigenvalue weighted by atomic mass is 32.1. The Morgan fingerprint density at radius 2 is 2.15 bits per heavy atom. The summed E-state index contributed by atoms with van der Waals surface area (Å²) >= 11 is 1.37. The van der Waals surface area contributed by atoms with Gasteiger partial charge in [0.25, 0.3) is 5.56 Å². The van der Waals surface area contributed by atoms with E-state index in [-0.39, 0.29) is 18.0 Å². The van der Waals surface area contributed by atoms with Crippen LogP contribution < -0.4 is 15.6 Å². The Labute approximate surface area is 158 Å². The number of benzene rings is 1. The Morgan fingerprint density at radius 3 is 2.93 bits per heavy atom. The summed E-state index contributed by atoms with van der Waals surface area (Å²) in [4.78, 5) is 24.4. The van der Waals surface area contributed by atoms with Gasteiger partial charge < -0.3 is 4.74 Å². The van der Waals surface area contributed by atoms with Gasteiger partial charge in [0.05, 0.1) is 12.8 Å². The fourth-order valence-corrected chi connectivity index (χ4v) is 3.50. The minimum Gasteiger partial charge on any atom is -0.497 e. The smallest absolute Gasteiger partial charge is 0.267 e. The molecule has 1 amide bonds. The third kappa shape index (κ3) is 4.03. The number of ether oxygens (including phenoxy) is 1. The van der Waals surface area contributed by atoms with Gasteiger partial charge in [0, 0.05) is 17.5 Å². The molecule has 1 fully saturated rings. The first-order chi connectivity index (χ1) is 13.1. The van der Waals surface area contributed by atoms with Gasteiger partial charge in [-0.05, 0) is 31.0 Å². The highest BCUT2D eigenvalue weighted by molar-refractivity contribution is 7.15. The van der Waals surface area contributed by atoms with Crippen LogP contribution in [-0.4, -0.2) is 33.0 Å². The minimum absolute atomic E-state index is 0.199. The lowest BCUT2D eigenvalue weighted by molar-refractivity contribution is -0.117. The standard InChI is InChI=1S/C18H17N5O3S/c1-26-13-4-2-3-12(9-13)14-7-8-16(25)23(22-14)10-15(24)19-18-21-20-17(27-18)11-5-6-11/h2-4,7-9,11H,5-6,10H2,1H3,(H,19,21,24). The molecule has 138 valence electrons. The number of methoxy groups -OCH3 is 1. The van der Waals surface area contributed by atoms with Crippen LogP contribution >= 0.6 is 11.3 Å². The van der Waals surface area contributed by atoms with Crippen LogP contribution in [-0.2, 0) is 11.3 Å². The van der Waals surface area contributed by atoms with E-state index in [1.165, 1.54) is 17.4 Å². The molecule has 0 bridgehead atoms. The predicted molar refractivity (Wildman–Crippen MR) is 101 cm³/mol. The summed E-state index contributed by atoms with van der Waals surface area (Å²) in [6, 6.07) is 10.4. The largest absolute Gasteiger partial charge is 0.497 e. The fourth-order valence-electron chi connectivity index (χ4n) is 2.57. The van der Waals surface area contributed by atoms with Gasteiger partial charge in [-0.1, -0.05) is 23.5 Å². The van der Waals surface area contributed by atoms with Gasteiger partial charge in [0.15, 0.2) is 0 Å². The second kappa shape index (κ2) is 7.28. The van der Waals surface area contributed by atoms with E-state index in [1.54, 1.807) is 13.2 Å². The van der Waals surface area contributed by atoms with E-state index in [0.29, 0.717) is 22.5 Å². The molecule has 0 atom stereocenters. The molecule has 8 nitrogen and oxygen atoms in total. The molecule has 0 radical (unpaired) electrons. The summed E-state index contributed by atoms with van der Waals surface area (Å²) in [6.07, 6.45) is 2.25. The van der Waals surface area contributed by atoms with Crippen molar-refractivity contribution >= 4 is 22.4 Å². The second-order valence-corrected chi connectivity index (χ2v) is 7.22. The van der Waals surface area contributed by atoms with Crippen molar-refractivity contribution in [2.45, 2.75) is 25.3 Å². The number of amides is 1. The topological polar surface area (TPSA) is 99.0 Å². The van der Waals surface area contributed by atoms with Gasteiger partial charge in [-0.25, -0.2) is 4.68 Å². The third-order valence-corrected chi connectivity index (χ3v) is 5.14. The van der Waals surface area contributed by atoms with Crippen molar-refractivity contribution in [3.8, 4) is 17.0 Å². The molecule has 1 aliphatic rings.